The normalized spacial score (nSPS) is 12.2. The second kappa shape index (κ2) is 6.70. The number of benzene rings is 3. The van der Waals surface area contributed by atoms with Crippen molar-refractivity contribution in [2.24, 2.45) is 0 Å². The van der Waals surface area contributed by atoms with Gasteiger partial charge in [-0.15, -0.1) is 0 Å². The number of phenolic OH excluding ortho intramolecular Hbond substituents is 1. The van der Waals surface area contributed by atoms with E-state index < -0.39 is 52.3 Å². The molecule has 0 saturated heterocycles. The number of rotatable bonds is 4. The van der Waals surface area contributed by atoms with Crippen LogP contribution in [0.1, 0.15) is 15.9 Å². The van der Waals surface area contributed by atoms with Crippen molar-refractivity contribution in [3.63, 3.8) is 0 Å². The Morgan fingerprint density at radius 2 is 1.45 bits per heavy atom. The maximum atomic E-state index is 13.0. The first-order valence-electron chi connectivity index (χ1n) is 7.75. The summed E-state index contributed by atoms with van der Waals surface area (Å²) >= 11 is 0. The largest absolute Gasteiger partial charge is 0.507 e. The molecule has 29 heavy (non-hydrogen) atoms. The number of carbonyl (C=O) groups excluding carboxylic acids is 1. The van der Waals surface area contributed by atoms with Gasteiger partial charge < -0.3 is 16.6 Å². The highest BCUT2D eigenvalue weighted by atomic mass is 32.2. The van der Waals surface area contributed by atoms with Gasteiger partial charge in [0, 0.05) is 33.8 Å². The summed E-state index contributed by atoms with van der Waals surface area (Å²) in [6.45, 7) is 0. The van der Waals surface area contributed by atoms with Crippen LogP contribution in [0, 0.1) is 0 Å². The van der Waals surface area contributed by atoms with Crippen molar-refractivity contribution < 1.29 is 35.8 Å². The zero-order valence-corrected chi connectivity index (χ0v) is 16.0. The van der Waals surface area contributed by atoms with Crippen molar-refractivity contribution in [2.45, 2.75) is 9.79 Å². The second-order valence-corrected chi connectivity index (χ2v) is 8.92. The Labute approximate surface area is 164 Å². The molecule has 0 aromatic heterocycles. The third-order valence-corrected chi connectivity index (χ3v) is 5.88. The molecule has 0 fully saturated rings. The highest BCUT2D eigenvalue weighted by Gasteiger charge is 2.27. The summed E-state index contributed by atoms with van der Waals surface area (Å²) in [7, 11) is -9.78. The average molecular weight is 438 g/mol. The second-order valence-electron chi connectivity index (χ2n) is 6.11. The minimum absolute atomic E-state index is 0.102. The molecule has 0 amide bonds. The Kier molecular flexibility index (Phi) is 4.75. The number of fused-ring (bicyclic) bond motifs is 1. The topological polar surface area (TPSA) is 198 Å². The van der Waals surface area contributed by atoms with Crippen molar-refractivity contribution in [2.75, 3.05) is 11.5 Å². The van der Waals surface area contributed by atoms with E-state index in [0.29, 0.717) is 17.8 Å². The number of carbonyl (C=O) groups is 1. The predicted octanol–water partition coefficient (Wildman–Crippen LogP) is 1.43. The first-order chi connectivity index (χ1) is 13.3. The van der Waals surface area contributed by atoms with Crippen LogP contribution in [0.25, 0.3) is 10.8 Å². The Bertz CT molecular complexity index is 1380. The summed E-state index contributed by atoms with van der Waals surface area (Å²) in [6, 6.07) is 7.72. The lowest BCUT2D eigenvalue weighted by molar-refractivity contribution is 0.104. The van der Waals surface area contributed by atoms with E-state index in [1.54, 1.807) is 0 Å². The lowest BCUT2D eigenvalue weighted by Gasteiger charge is -2.15. The van der Waals surface area contributed by atoms with E-state index >= 15 is 0 Å². The number of hydrogen-bond acceptors (Lipinski definition) is 8. The van der Waals surface area contributed by atoms with Crippen LogP contribution in [-0.4, -0.2) is 36.8 Å². The first kappa shape index (κ1) is 20.5. The van der Waals surface area contributed by atoms with Crippen LogP contribution in [0.4, 0.5) is 11.4 Å². The lowest BCUT2D eigenvalue weighted by atomic mass is 9.94. The van der Waals surface area contributed by atoms with Crippen LogP contribution in [0.5, 0.6) is 5.75 Å². The third kappa shape index (κ3) is 3.73. The first-order valence-corrected chi connectivity index (χ1v) is 10.6. The highest BCUT2D eigenvalue weighted by Crippen LogP contribution is 2.39. The summed E-state index contributed by atoms with van der Waals surface area (Å²) in [6.07, 6.45) is 0. The van der Waals surface area contributed by atoms with Gasteiger partial charge in [0.05, 0.1) is 10.5 Å². The fraction of sp³-hybridized carbons (Fsp3) is 0. The Morgan fingerprint density at radius 3 is 1.97 bits per heavy atom. The Morgan fingerprint density at radius 1 is 0.862 bits per heavy atom. The summed E-state index contributed by atoms with van der Waals surface area (Å²) < 4.78 is 65.2. The molecular weight excluding hydrogens is 424 g/mol. The van der Waals surface area contributed by atoms with E-state index in [1.165, 1.54) is 24.3 Å². The Hall–Kier alpha value is -3.19. The van der Waals surface area contributed by atoms with Crippen LogP contribution in [0.3, 0.4) is 0 Å². The van der Waals surface area contributed by atoms with Gasteiger partial charge in [0.15, 0.2) is 5.78 Å². The van der Waals surface area contributed by atoms with Crippen molar-refractivity contribution >= 4 is 48.2 Å². The zero-order chi connectivity index (χ0) is 21.7. The SMILES string of the molecule is Nc1ccc(C(=O)c2c(N)cc(S(=O)(=O)O)c3cc(S(=O)(=O)O)cc(O)c23)cc1. The summed E-state index contributed by atoms with van der Waals surface area (Å²) in [5, 5.41) is 9.44. The molecule has 0 atom stereocenters. The van der Waals surface area contributed by atoms with Crippen LogP contribution >= 0.6 is 0 Å². The lowest BCUT2D eigenvalue weighted by Crippen LogP contribution is -2.10. The van der Waals surface area contributed by atoms with E-state index in [4.69, 9.17) is 11.5 Å². The van der Waals surface area contributed by atoms with Gasteiger partial charge in [0.2, 0.25) is 0 Å². The number of aromatic hydroxyl groups is 1. The predicted molar refractivity (Wildman–Crippen MR) is 104 cm³/mol. The van der Waals surface area contributed by atoms with Gasteiger partial charge in [0.25, 0.3) is 20.2 Å². The van der Waals surface area contributed by atoms with Crippen LogP contribution < -0.4 is 11.5 Å². The molecule has 0 radical (unpaired) electrons. The van der Waals surface area contributed by atoms with E-state index in [9.17, 15) is 35.8 Å². The number of phenols is 1. The summed E-state index contributed by atoms with van der Waals surface area (Å²) in [5.74, 6) is -1.56. The monoisotopic (exact) mass is 438 g/mol. The van der Waals surface area contributed by atoms with Crippen LogP contribution in [0.2, 0.25) is 0 Å². The van der Waals surface area contributed by atoms with Gasteiger partial charge >= 0.3 is 0 Å². The summed E-state index contributed by atoms with van der Waals surface area (Å²) in [5.41, 5.74) is 11.2. The number of nitrogens with two attached hydrogens (primary N) is 2. The van der Waals surface area contributed by atoms with Crippen molar-refractivity contribution in [1.29, 1.82) is 0 Å². The van der Waals surface area contributed by atoms with Crippen molar-refractivity contribution in [3.8, 4) is 5.75 Å². The maximum Gasteiger partial charge on any atom is 0.295 e. The third-order valence-electron chi connectivity index (χ3n) is 4.16. The van der Waals surface area contributed by atoms with E-state index in [-0.39, 0.29) is 16.8 Å². The van der Waals surface area contributed by atoms with Gasteiger partial charge in [0.1, 0.15) is 10.6 Å². The minimum atomic E-state index is -4.94. The van der Waals surface area contributed by atoms with E-state index in [1.807, 2.05) is 0 Å². The standard InChI is InChI=1S/C17H14N2O8S2/c18-9-3-1-8(2-4-9)17(21)16-12(19)7-14(29(25,26)27)11-5-10(28(22,23)24)6-13(20)15(11)16/h1-7,20H,18-19H2,(H,22,23,24)(H,25,26,27). The van der Waals surface area contributed by atoms with Crippen molar-refractivity contribution in [3.05, 3.63) is 53.6 Å². The average Bonchev–Trinajstić information content (AvgIpc) is 2.60. The van der Waals surface area contributed by atoms with Gasteiger partial charge in [-0.05, 0) is 36.4 Å². The van der Waals surface area contributed by atoms with E-state index in [2.05, 4.69) is 0 Å². The smallest absolute Gasteiger partial charge is 0.295 e. The minimum Gasteiger partial charge on any atom is -0.507 e. The molecule has 3 rings (SSSR count). The molecule has 0 bridgehead atoms. The van der Waals surface area contributed by atoms with Crippen LogP contribution in [-0.2, 0) is 20.2 Å². The van der Waals surface area contributed by atoms with E-state index in [0.717, 1.165) is 6.07 Å². The molecule has 0 spiro atoms. The molecule has 7 N–H and O–H groups in total. The Balaban J connectivity index is 2.48. The molecule has 3 aromatic rings. The van der Waals surface area contributed by atoms with Gasteiger partial charge in [-0.1, -0.05) is 0 Å². The van der Waals surface area contributed by atoms with Gasteiger partial charge in [-0.25, -0.2) is 0 Å². The number of nitrogen functional groups attached to an aromatic ring is 2. The van der Waals surface area contributed by atoms with Crippen molar-refractivity contribution in [1.82, 2.24) is 0 Å². The quantitative estimate of drug-likeness (QED) is 0.225. The maximum absolute atomic E-state index is 13.0. The molecule has 0 heterocycles. The molecule has 3 aromatic carbocycles. The van der Waals surface area contributed by atoms with Gasteiger partial charge in [-0.3, -0.25) is 13.9 Å². The molecule has 10 nitrogen and oxygen atoms in total. The number of anilines is 2. The molecule has 0 saturated carbocycles. The highest BCUT2D eigenvalue weighted by molar-refractivity contribution is 7.86. The molecule has 0 aliphatic rings. The molecule has 152 valence electrons. The molecule has 0 aliphatic carbocycles. The zero-order valence-electron chi connectivity index (χ0n) is 14.4. The fourth-order valence-electron chi connectivity index (χ4n) is 2.88. The fourth-order valence-corrected chi connectivity index (χ4v) is 4.12. The number of hydrogen-bond donors (Lipinski definition) is 5. The summed E-state index contributed by atoms with van der Waals surface area (Å²) in [4.78, 5) is 11.3. The molecule has 0 aliphatic heterocycles. The molecular formula is C17H14N2O8S2. The molecule has 0 unspecified atom stereocenters. The van der Waals surface area contributed by atoms with Gasteiger partial charge in [-0.2, -0.15) is 16.8 Å². The number of ketones is 1. The van der Waals surface area contributed by atoms with Crippen LogP contribution in [0.15, 0.2) is 52.3 Å². The molecule has 12 heteroatoms.